The monoisotopic (exact) mass is 377 g/mol. The number of hydrogen-bond acceptors (Lipinski definition) is 3. The smallest absolute Gasteiger partial charge is 0.299 e. The summed E-state index contributed by atoms with van der Waals surface area (Å²) in [6, 6.07) is 6.56. The fourth-order valence-corrected chi connectivity index (χ4v) is 2.99. The van der Waals surface area contributed by atoms with Crippen LogP contribution in [0.1, 0.15) is 11.3 Å². The zero-order valence-corrected chi connectivity index (χ0v) is 14.1. The number of benzene rings is 1. The van der Waals surface area contributed by atoms with Gasteiger partial charge in [-0.3, -0.25) is 9.67 Å². The van der Waals surface area contributed by atoms with Crippen molar-refractivity contribution in [3.05, 3.63) is 59.3 Å². The maximum Gasteiger partial charge on any atom is 0.434 e. The van der Waals surface area contributed by atoms with Crippen molar-refractivity contribution < 1.29 is 13.2 Å². The molecule has 4 rings (SSSR count). The number of rotatable bonds is 2. The highest BCUT2D eigenvalue weighted by Gasteiger charge is 2.35. The lowest BCUT2D eigenvalue weighted by molar-refractivity contribution is -0.140. The maximum absolute atomic E-state index is 13.2. The third-order valence-electron chi connectivity index (χ3n) is 3.99. The number of nitrogens with zero attached hydrogens (tertiary/aromatic N) is 4. The Bertz CT molecular complexity index is 1110. The number of H-pyrrole nitrogens is 1. The minimum Gasteiger partial charge on any atom is -0.299 e. The third-order valence-corrected chi connectivity index (χ3v) is 4.20. The lowest BCUT2D eigenvalue weighted by Gasteiger charge is -2.09. The topological polar surface area (TPSA) is 59.4 Å². The fraction of sp³-hybridized carbons (Fsp3) is 0.118. The van der Waals surface area contributed by atoms with Crippen molar-refractivity contribution >= 4 is 22.5 Å². The number of imidazole rings is 1. The minimum atomic E-state index is -4.56. The van der Waals surface area contributed by atoms with Crippen molar-refractivity contribution in [2.45, 2.75) is 13.1 Å². The molecule has 0 atom stereocenters. The highest BCUT2D eigenvalue weighted by molar-refractivity contribution is 6.29. The lowest BCUT2D eigenvalue weighted by atomic mass is 10.1. The Morgan fingerprint density at radius 1 is 1.19 bits per heavy atom. The van der Waals surface area contributed by atoms with Gasteiger partial charge in [0.05, 0.1) is 11.7 Å². The van der Waals surface area contributed by atoms with E-state index in [0.29, 0.717) is 11.3 Å². The van der Waals surface area contributed by atoms with E-state index in [9.17, 15) is 13.2 Å². The second-order valence-corrected chi connectivity index (χ2v) is 6.17. The van der Waals surface area contributed by atoms with E-state index in [0.717, 1.165) is 22.7 Å². The SMILES string of the molecule is Cc1cc(-n2cc(C(F)(F)F)nc2-c2ccnc(Cl)c2)cc2cn[nH]c12. The van der Waals surface area contributed by atoms with Gasteiger partial charge >= 0.3 is 6.18 Å². The van der Waals surface area contributed by atoms with Crippen molar-refractivity contribution in [2.75, 3.05) is 0 Å². The molecule has 0 spiro atoms. The number of aryl methyl sites for hydroxylation is 1. The quantitative estimate of drug-likeness (QED) is 0.511. The minimum absolute atomic E-state index is 0.129. The molecule has 26 heavy (non-hydrogen) atoms. The molecule has 0 saturated heterocycles. The van der Waals surface area contributed by atoms with E-state index in [4.69, 9.17) is 11.6 Å². The summed E-state index contributed by atoms with van der Waals surface area (Å²) < 4.78 is 41.1. The molecule has 0 aliphatic heterocycles. The number of aromatic amines is 1. The molecule has 3 aromatic heterocycles. The number of fused-ring (bicyclic) bond motifs is 1. The molecule has 0 unspecified atom stereocenters. The first-order valence-corrected chi connectivity index (χ1v) is 7.93. The summed E-state index contributed by atoms with van der Waals surface area (Å²) in [6.07, 6.45) is -0.541. The van der Waals surface area contributed by atoms with Gasteiger partial charge in [0.25, 0.3) is 0 Å². The maximum atomic E-state index is 13.2. The molecule has 0 amide bonds. The van der Waals surface area contributed by atoms with Crippen LogP contribution in [0.3, 0.4) is 0 Å². The molecule has 0 aliphatic rings. The van der Waals surface area contributed by atoms with Crippen LogP contribution in [0, 0.1) is 6.92 Å². The standard InChI is InChI=1S/C17H11ClF3N5/c1-9-4-12(5-11-7-23-25-15(9)11)26-8-13(17(19,20)21)24-16(26)10-2-3-22-14(18)6-10/h2-8H,1H3,(H,23,25). The molecule has 0 saturated carbocycles. The van der Waals surface area contributed by atoms with E-state index >= 15 is 0 Å². The summed E-state index contributed by atoms with van der Waals surface area (Å²) in [5.41, 5.74) is 1.69. The molecule has 0 fully saturated rings. The zero-order valence-electron chi connectivity index (χ0n) is 13.3. The van der Waals surface area contributed by atoms with Gasteiger partial charge in [-0.15, -0.1) is 0 Å². The number of nitrogens with one attached hydrogen (secondary N) is 1. The first-order chi connectivity index (χ1) is 12.3. The Morgan fingerprint density at radius 2 is 2.00 bits per heavy atom. The zero-order chi connectivity index (χ0) is 18.5. The molecule has 5 nitrogen and oxygen atoms in total. The van der Waals surface area contributed by atoms with E-state index in [2.05, 4.69) is 20.2 Å². The van der Waals surface area contributed by atoms with Crippen LogP contribution in [0.4, 0.5) is 13.2 Å². The van der Waals surface area contributed by atoms with Crippen LogP contribution in [0.5, 0.6) is 0 Å². The second-order valence-electron chi connectivity index (χ2n) is 5.78. The van der Waals surface area contributed by atoms with Crippen LogP contribution in [0.2, 0.25) is 5.15 Å². The first kappa shape index (κ1) is 16.6. The van der Waals surface area contributed by atoms with Crippen LogP contribution in [-0.4, -0.2) is 24.7 Å². The predicted molar refractivity (Wildman–Crippen MR) is 91.2 cm³/mol. The van der Waals surface area contributed by atoms with E-state index in [-0.39, 0.29) is 11.0 Å². The van der Waals surface area contributed by atoms with E-state index in [1.54, 1.807) is 24.4 Å². The summed E-state index contributed by atoms with van der Waals surface area (Å²) in [6.45, 7) is 1.86. The number of pyridine rings is 1. The van der Waals surface area contributed by atoms with Gasteiger partial charge in [0, 0.05) is 29.0 Å². The number of halogens is 4. The normalized spacial score (nSPS) is 12.0. The summed E-state index contributed by atoms with van der Waals surface area (Å²) in [5.74, 6) is 0.129. The van der Waals surface area contributed by atoms with E-state index < -0.39 is 11.9 Å². The summed E-state index contributed by atoms with van der Waals surface area (Å²) in [7, 11) is 0. The Kier molecular flexibility index (Phi) is 3.73. The van der Waals surface area contributed by atoms with Crippen LogP contribution < -0.4 is 0 Å². The van der Waals surface area contributed by atoms with Gasteiger partial charge in [0.2, 0.25) is 0 Å². The van der Waals surface area contributed by atoms with Crippen LogP contribution in [0.25, 0.3) is 28.0 Å². The van der Waals surface area contributed by atoms with Crippen molar-refractivity contribution in [1.82, 2.24) is 24.7 Å². The third kappa shape index (κ3) is 2.82. The van der Waals surface area contributed by atoms with Crippen molar-refractivity contribution in [1.29, 1.82) is 0 Å². The molecule has 3 heterocycles. The Morgan fingerprint density at radius 3 is 2.73 bits per heavy atom. The van der Waals surface area contributed by atoms with Crippen molar-refractivity contribution in [2.24, 2.45) is 0 Å². The Labute approximate surface area is 150 Å². The summed E-state index contributed by atoms with van der Waals surface area (Å²) in [4.78, 5) is 7.66. The largest absolute Gasteiger partial charge is 0.434 e. The Balaban J connectivity index is 1.98. The average Bonchev–Trinajstić information content (AvgIpc) is 3.21. The van der Waals surface area contributed by atoms with E-state index in [1.807, 2.05) is 6.92 Å². The molecule has 132 valence electrons. The summed E-state index contributed by atoms with van der Waals surface area (Å²) in [5, 5.41) is 7.81. The van der Waals surface area contributed by atoms with Crippen LogP contribution >= 0.6 is 11.6 Å². The molecule has 0 aliphatic carbocycles. The average molecular weight is 378 g/mol. The van der Waals surface area contributed by atoms with Gasteiger partial charge in [0.1, 0.15) is 11.0 Å². The Hall–Kier alpha value is -2.87. The number of aromatic nitrogens is 5. The van der Waals surface area contributed by atoms with Gasteiger partial charge in [-0.25, -0.2) is 9.97 Å². The lowest BCUT2D eigenvalue weighted by Crippen LogP contribution is -2.05. The van der Waals surface area contributed by atoms with Crippen molar-refractivity contribution in [3.63, 3.8) is 0 Å². The van der Waals surface area contributed by atoms with Gasteiger partial charge < -0.3 is 0 Å². The van der Waals surface area contributed by atoms with Gasteiger partial charge in [0.15, 0.2) is 5.69 Å². The molecule has 1 aromatic carbocycles. The molecule has 0 radical (unpaired) electrons. The molecule has 4 aromatic rings. The predicted octanol–water partition coefficient (Wildman–Crippen LogP) is 4.79. The van der Waals surface area contributed by atoms with Gasteiger partial charge in [-0.1, -0.05) is 11.6 Å². The van der Waals surface area contributed by atoms with Crippen LogP contribution in [0.15, 0.2) is 42.9 Å². The molecule has 0 bridgehead atoms. The molecule has 1 N–H and O–H groups in total. The molecule has 9 heteroatoms. The number of alkyl halides is 3. The van der Waals surface area contributed by atoms with Gasteiger partial charge in [-0.05, 0) is 36.8 Å². The second kappa shape index (κ2) is 5.84. The van der Waals surface area contributed by atoms with Crippen LogP contribution in [-0.2, 0) is 6.18 Å². The highest BCUT2D eigenvalue weighted by Crippen LogP contribution is 2.33. The van der Waals surface area contributed by atoms with E-state index in [1.165, 1.54) is 16.8 Å². The summed E-state index contributed by atoms with van der Waals surface area (Å²) >= 11 is 5.90. The fourth-order valence-electron chi connectivity index (χ4n) is 2.81. The van der Waals surface area contributed by atoms with Crippen molar-refractivity contribution in [3.8, 4) is 17.1 Å². The number of hydrogen-bond donors (Lipinski definition) is 1. The first-order valence-electron chi connectivity index (χ1n) is 7.55. The molecular weight excluding hydrogens is 367 g/mol. The van der Waals surface area contributed by atoms with Gasteiger partial charge in [-0.2, -0.15) is 18.3 Å². The highest BCUT2D eigenvalue weighted by atomic mass is 35.5. The molecular formula is C17H11ClF3N5.